The monoisotopic (exact) mass is 603 g/mol. The first kappa shape index (κ1) is 31.8. The van der Waals surface area contributed by atoms with Crippen LogP contribution in [0.4, 0.5) is 0 Å². The molecule has 1 heterocycles. The fourth-order valence-electron chi connectivity index (χ4n) is 5.35. The molecule has 2 unspecified atom stereocenters. The quantitative estimate of drug-likeness (QED) is 0.156. The molecule has 0 saturated carbocycles. The highest BCUT2D eigenvalue weighted by Gasteiger charge is 2.23. The van der Waals surface area contributed by atoms with Crippen molar-refractivity contribution in [3.63, 3.8) is 0 Å². The third kappa shape index (κ3) is 7.46. The highest BCUT2D eigenvalue weighted by atomic mass is 32.2. The molecule has 3 N–H and O–H groups in total. The Kier molecular flexibility index (Phi) is 10.3. The highest BCUT2D eigenvalue weighted by Crippen LogP contribution is 2.36. The van der Waals surface area contributed by atoms with Crippen LogP contribution in [-0.4, -0.2) is 38.9 Å². The van der Waals surface area contributed by atoms with Crippen molar-refractivity contribution in [1.29, 1.82) is 0 Å². The van der Waals surface area contributed by atoms with Crippen LogP contribution in [0.25, 0.3) is 10.9 Å². The molecule has 2 amide bonds. The van der Waals surface area contributed by atoms with Gasteiger partial charge in [-0.3, -0.25) is 9.59 Å². The number of carbonyl (C=O) groups excluding carboxylic acids is 2. The van der Waals surface area contributed by atoms with Gasteiger partial charge >= 0.3 is 0 Å². The van der Waals surface area contributed by atoms with Gasteiger partial charge in [-0.1, -0.05) is 63.9 Å². The summed E-state index contributed by atoms with van der Waals surface area (Å²) in [6.07, 6.45) is 5.82. The number of carbonyl (C=O) groups is 2. The molecule has 4 rings (SSSR count). The van der Waals surface area contributed by atoms with E-state index in [4.69, 9.17) is 4.74 Å². The van der Waals surface area contributed by atoms with Gasteiger partial charge < -0.3 is 15.0 Å². The molecule has 43 heavy (non-hydrogen) atoms. The maximum absolute atomic E-state index is 13.0. The third-order valence-electron chi connectivity index (χ3n) is 7.89. The molecule has 3 aromatic carbocycles. The van der Waals surface area contributed by atoms with Crippen LogP contribution >= 0.6 is 0 Å². The van der Waals surface area contributed by atoms with Crippen molar-refractivity contribution in [3.8, 4) is 5.75 Å². The van der Waals surface area contributed by atoms with Crippen molar-refractivity contribution in [2.75, 3.05) is 13.7 Å². The lowest BCUT2D eigenvalue weighted by Crippen LogP contribution is -2.31. The number of methoxy groups -OCH3 is 1. The van der Waals surface area contributed by atoms with Gasteiger partial charge in [-0.05, 0) is 66.8 Å². The van der Waals surface area contributed by atoms with Crippen LogP contribution in [0.1, 0.15) is 78.6 Å². The minimum absolute atomic E-state index is 0.0567. The number of H-pyrrole nitrogens is 1. The van der Waals surface area contributed by atoms with Crippen molar-refractivity contribution >= 4 is 32.7 Å². The molecule has 0 aliphatic heterocycles. The van der Waals surface area contributed by atoms with Gasteiger partial charge in [0.2, 0.25) is 5.91 Å². The Hall–Kier alpha value is -4.11. The maximum Gasteiger partial charge on any atom is 0.265 e. The van der Waals surface area contributed by atoms with Crippen LogP contribution in [0, 0.1) is 12.8 Å². The van der Waals surface area contributed by atoms with E-state index in [0.29, 0.717) is 24.3 Å². The summed E-state index contributed by atoms with van der Waals surface area (Å²) < 4.78 is 33.6. The Morgan fingerprint density at radius 2 is 1.74 bits per heavy atom. The summed E-state index contributed by atoms with van der Waals surface area (Å²) in [5, 5.41) is 4.10. The van der Waals surface area contributed by atoms with E-state index in [1.165, 1.54) is 13.2 Å². The van der Waals surface area contributed by atoms with Crippen LogP contribution in [0.15, 0.2) is 71.8 Å². The molecular formula is C34H41N3O5S. The fourth-order valence-corrected chi connectivity index (χ4v) is 6.57. The number of nitrogens with one attached hydrogen (secondary N) is 3. The van der Waals surface area contributed by atoms with Crippen LogP contribution in [0.2, 0.25) is 0 Å². The van der Waals surface area contributed by atoms with Gasteiger partial charge in [0.05, 0.1) is 12.0 Å². The molecular weight excluding hydrogens is 562 g/mol. The Balaban J connectivity index is 1.53. The zero-order valence-electron chi connectivity index (χ0n) is 25.5. The Bertz CT molecular complexity index is 1710. The molecule has 0 aliphatic rings. The second-order valence-corrected chi connectivity index (χ2v) is 12.8. The number of ether oxygens (including phenoxy) is 1. The largest absolute Gasteiger partial charge is 0.496 e. The normalized spacial score (nSPS) is 13.0. The second-order valence-electron chi connectivity index (χ2n) is 11.1. The Morgan fingerprint density at radius 1 is 0.977 bits per heavy atom. The first-order chi connectivity index (χ1) is 20.6. The minimum atomic E-state index is -4.04. The number of hydrogen-bond donors (Lipinski definition) is 3. The summed E-state index contributed by atoms with van der Waals surface area (Å²) in [5.41, 5.74) is 4.68. The van der Waals surface area contributed by atoms with Gasteiger partial charge in [0.25, 0.3) is 15.9 Å². The molecule has 228 valence electrons. The van der Waals surface area contributed by atoms with Crippen molar-refractivity contribution in [1.82, 2.24) is 15.0 Å². The van der Waals surface area contributed by atoms with Gasteiger partial charge in [-0.15, -0.1) is 0 Å². The predicted octanol–water partition coefficient (Wildman–Crippen LogP) is 6.24. The van der Waals surface area contributed by atoms with Crippen molar-refractivity contribution in [2.24, 2.45) is 5.92 Å². The molecule has 0 bridgehead atoms. The Labute approximate surface area is 254 Å². The number of sulfonamides is 1. The average molecular weight is 604 g/mol. The second kappa shape index (κ2) is 13.9. The number of aromatic nitrogens is 1. The predicted molar refractivity (Wildman–Crippen MR) is 170 cm³/mol. The maximum atomic E-state index is 13.0. The molecule has 9 heteroatoms. The smallest absolute Gasteiger partial charge is 0.265 e. The van der Waals surface area contributed by atoms with E-state index < -0.39 is 15.9 Å². The van der Waals surface area contributed by atoms with E-state index in [9.17, 15) is 18.0 Å². The van der Waals surface area contributed by atoms with Crippen LogP contribution < -0.4 is 14.8 Å². The third-order valence-corrected chi connectivity index (χ3v) is 9.38. The van der Waals surface area contributed by atoms with Gasteiger partial charge in [-0.2, -0.15) is 0 Å². The average Bonchev–Trinajstić information content (AvgIpc) is 3.41. The summed E-state index contributed by atoms with van der Waals surface area (Å²) >= 11 is 0. The first-order valence-corrected chi connectivity index (χ1v) is 16.2. The number of aryl methyl sites for hydroxylation is 1. The number of amides is 2. The molecule has 8 nitrogen and oxygen atoms in total. The van der Waals surface area contributed by atoms with Crippen molar-refractivity contribution < 1.29 is 22.7 Å². The standard InChI is InChI=1S/C34H41N3O5S/c1-6-7-10-17-35-33(38)23(3)18-25-13-16-30-28(19-25)29(21-36-30)24(4)27-15-14-26(20-31(27)42-5)34(39)37-43(40,41)32-12-9-8-11-22(32)2/h8-9,11-16,19-21,23-24,36H,6-7,10,17-18H2,1-5H3,(H,35,38)(H,37,39). The van der Waals surface area contributed by atoms with E-state index in [1.54, 1.807) is 43.3 Å². The van der Waals surface area contributed by atoms with Crippen LogP contribution in [0.5, 0.6) is 5.75 Å². The fraction of sp³-hybridized carbons (Fsp3) is 0.353. The first-order valence-electron chi connectivity index (χ1n) is 14.7. The summed E-state index contributed by atoms with van der Waals surface area (Å²) in [6, 6.07) is 17.7. The van der Waals surface area contributed by atoms with Gasteiger partial charge in [0.1, 0.15) is 5.75 Å². The molecule has 0 aliphatic carbocycles. The number of benzene rings is 3. The van der Waals surface area contributed by atoms with Crippen molar-refractivity contribution in [3.05, 3.63) is 94.7 Å². The van der Waals surface area contributed by atoms with E-state index in [-0.39, 0.29) is 28.2 Å². The number of unbranched alkanes of at least 4 members (excludes halogenated alkanes) is 2. The summed E-state index contributed by atoms with van der Waals surface area (Å²) in [6.45, 7) is 8.54. The van der Waals surface area contributed by atoms with Gasteiger partial charge in [-0.25, -0.2) is 13.1 Å². The van der Waals surface area contributed by atoms with E-state index in [0.717, 1.165) is 46.9 Å². The molecule has 0 radical (unpaired) electrons. The van der Waals surface area contributed by atoms with Crippen molar-refractivity contribution in [2.45, 2.75) is 64.2 Å². The summed E-state index contributed by atoms with van der Waals surface area (Å²) in [5.74, 6) is -0.439. The lowest BCUT2D eigenvalue weighted by atomic mass is 9.90. The zero-order chi connectivity index (χ0) is 31.1. The Morgan fingerprint density at radius 3 is 2.47 bits per heavy atom. The molecule has 0 spiro atoms. The number of hydrogen-bond acceptors (Lipinski definition) is 5. The molecule has 0 saturated heterocycles. The molecule has 1 aromatic heterocycles. The number of rotatable bonds is 13. The summed E-state index contributed by atoms with van der Waals surface area (Å²) in [4.78, 5) is 29.0. The molecule has 4 aromatic rings. The van der Waals surface area contributed by atoms with E-state index in [1.807, 2.05) is 25.3 Å². The van der Waals surface area contributed by atoms with E-state index >= 15 is 0 Å². The highest BCUT2D eigenvalue weighted by molar-refractivity contribution is 7.90. The zero-order valence-corrected chi connectivity index (χ0v) is 26.3. The minimum Gasteiger partial charge on any atom is -0.496 e. The molecule has 0 fully saturated rings. The van der Waals surface area contributed by atoms with Crippen LogP contribution in [0.3, 0.4) is 0 Å². The SMILES string of the molecule is CCCCCNC(=O)C(C)Cc1ccc2[nH]cc(C(C)c3ccc(C(=O)NS(=O)(=O)c4ccccc4C)cc3OC)c2c1. The number of aromatic amines is 1. The topological polar surface area (TPSA) is 117 Å². The van der Waals surface area contributed by atoms with E-state index in [2.05, 4.69) is 34.9 Å². The lowest BCUT2D eigenvalue weighted by Gasteiger charge is -2.17. The molecule has 2 atom stereocenters. The number of fused-ring (bicyclic) bond motifs is 1. The van der Waals surface area contributed by atoms with Gasteiger partial charge in [0, 0.05) is 46.6 Å². The van der Waals surface area contributed by atoms with Gasteiger partial charge in [0.15, 0.2) is 0 Å². The van der Waals surface area contributed by atoms with Crippen LogP contribution in [-0.2, 0) is 21.2 Å². The lowest BCUT2D eigenvalue weighted by molar-refractivity contribution is -0.124. The summed E-state index contributed by atoms with van der Waals surface area (Å²) in [7, 11) is -2.51.